The van der Waals surface area contributed by atoms with Crippen molar-refractivity contribution in [3.63, 3.8) is 0 Å². The lowest BCUT2D eigenvalue weighted by Gasteiger charge is -2.27. The van der Waals surface area contributed by atoms with Crippen molar-refractivity contribution in [3.8, 4) is 0 Å². The summed E-state index contributed by atoms with van der Waals surface area (Å²) in [5.74, 6) is -0.0224. The summed E-state index contributed by atoms with van der Waals surface area (Å²) in [4.78, 5) is 13.2. The molecule has 1 aliphatic rings. The summed E-state index contributed by atoms with van der Waals surface area (Å²) in [5.41, 5.74) is 0. The molecule has 0 saturated carbocycles. The highest BCUT2D eigenvalue weighted by Gasteiger charge is 2.15. The largest absolute Gasteiger partial charge is 0.375 e. The molecule has 0 spiro atoms. The number of nitrogens with one attached hydrogen (secondary N) is 1. The smallest absolute Gasteiger partial charge is 0.261 e. The van der Waals surface area contributed by atoms with Crippen LogP contribution in [-0.2, 0) is 9.53 Å². The van der Waals surface area contributed by atoms with Crippen molar-refractivity contribution in [1.82, 2.24) is 10.2 Å². The Kier molecular flexibility index (Phi) is 5.49. The van der Waals surface area contributed by atoms with Crippen molar-refractivity contribution < 1.29 is 18.3 Å². The molecule has 1 N–H and O–H groups in total. The van der Waals surface area contributed by atoms with Crippen LogP contribution in [-0.4, -0.2) is 56.6 Å². The van der Waals surface area contributed by atoms with Crippen LogP contribution in [0.1, 0.15) is 6.42 Å². The van der Waals surface area contributed by atoms with Gasteiger partial charge in [0.05, 0.1) is 13.0 Å². The Balaban J connectivity index is 2.07. The number of carbonyl (C=O) groups is 1. The highest BCUT2D eigenvalue weighted by Crippen LogP contribution is 1.99. The second kappa shape index (κ2) is 6.68. The van der Waals surface area contributed by atoms with Gasteiger partial charge in [-0.05, 0) is 0 Å². The summed E-state index contributed by atoms with van der Waals surface area (Å²) < 4.78 is 28.0. The second-order valence-corrected chi connectivity index (χ2v) is 3.35. The number of rotatable bonds is 5. The van der Waals surface area contributed by atoms with Gasteiger partial charge < -0.3 is 15.0 Å². The van der Waals surface area contributed by atoms with E-state index in [-0.39, 0.29) is 18.9 Å². The molecule has 1 fully saturated rings. The topological polar surface area (TPSA) is 41.6 Å². The summed E-state index contributed by atoms with van der Waals surface area (Å²) in [5, 5.41) is 3.13. The zero-order valence-corrected chi connectivity index (χ0v) is 8.55. The molecule has 1 heterocycles. The maximum Gasteiger partial charge on any atom is 0.261 e. The molecule has 6 heteroatoms. The van der Waals surface area contributed by atoms with Gasteiger partial charge in [0.25, 0.3) is 6.43 Å². The van der Waals surface area contributed by atoms with Crippen LogP contribution >= 0.6 is 0 Å². The van der Waals surface area contributed by atoms with Crippen molar-refractivity contribution in [3.05, 3.63) is 0 Å². The lowest BCUT2D eigenvalue weighted by molar-refractivity contribution is -0.133. The summed E-state index contributed by atoms with van der Waals surface area (Å²) in [6, 6.07) is 0. The first kappa shape index (κ1) is 12.3. The molecular weight excluding hydrogens is 206 g/mol. The lowest BCUT2D eigenvalue weighted by atomic mass is 10.3. The molecule has 1 saturated heterocycles. The Morgan fingerprint density at radius 3 is 2.67 bits per heavy atom. The van der Waals surface area contributed by atoms with Crippen molar-refractivity contribution in [2.45, 2.75) is 12.8 Å². The third-order valence-electron chi connectivity index (χ3n) is 2.17. The van der Waals surface area contributed by atoms with Gasteiger partial charge in [0.1, 0.15) is 6.61 Å². The van der Waals surface area contributed by atoms with E-state index in [1.807, 2.05) is 0 Å². The third kappa shape index (κ3) is 5.03. The Hall–Kier alpha value is -0.750. The predicted molar refractivity (Wildman–Crippen MR) is 50.9 cm³/mol. The predicted octanol–water partition coefficient (Wildman–Crippen LogP) is 0.0900. The Morgan fingerprint density at radius 1 is 1.40 bits per heavy atom. The van der Waals surface area contributed by atoms with Crippen LogP contribution in [0.25, 0.3) is 0 Å². The fraction of sp³-hybridized carbons (Fsp3) is 0.889. The molecule has 0 aliphatic carbocycles. The van der Waals surface area contributed by atoms with Gasteiger partial charge >= 0.3 is 0 Å². The van der Waals surface area contributed by atoms with Gasteiger partial charge in [-0.1, -0.05) is 0 Å². The second-order valence-electron chi connectivity index (χ2n) is 3.35. The van der Waals surface area contributed by atoms with E-state index >= 15 is 0 Å². The summed E-state index contributed by atoms with van der Waals surface area (Å²) in [7, 11) is 0. The van der Waals surface area contributed by atoms with Crippen LogP contribution in [0.2, 0.25) is 0 Å². The zero-order valence-electron chi connectivity index (χ0n) is 8.55. The SMILES string of the molecule is O=C(CCOCC(F)F)N1CCNCC1. The van der Waals surface area contributed by atoms with Crippen molar-refractivity contribution in [2.75, 3.05) is 39.4 Å². The first-order chi connectivity index (χ1) is 7.20. The van der Waals surface area contributed by atoms with E-state index in [1.54, 1.807) is 4.90 Å². The Bertz CT molecular complexity index is 197. The number of halogens is 2. The quantitative estimate of drug-likeness (QED) is 0.670. The number of piperazine rings is 1. The van der Waals surface area contributed by atoms with Crippen LogP contribution in [0.15, 0.2) is 0 Å². The summed E-state index contributed by atoms with van der Waals surface area (Å²) >= 11 is 0. The van der Waals surface area contributed by atoms with E-state index in [0.717, 1.165) is 13.1 Å². The Morgan fingerprint density at radius 2 is 2.07 bits per heavy atom. The molecule has 15 heavy (non-hydrogen) atoms. The molecule has 4 nitrogen and oxygen atoms in total. The standard InChI is InChI=1S/C9H16F2N2O2/c10-8(11)7-15-6-1-9(14)13-4-2-12-3-5-13/h8,12H,1-7H2. The first-order valence-corrected chi connectivity index (χ1v) is 5.04. The van der Waals surface area contributed by atoms with E-state index in [9.17, 15) is 13.6 Å². The highest BCUT2D eigenvalue weighted by atomic mass is 19.3. The maximum absolute atomic E-state index is 11.7. The number of hydrogen-bond donors (Lipinski definition) is 1. The van der Waals surface area contributed by atoms with E-state index in [1.165, 1.54) is 0 Å². The van der Waals surface area contributed by atoms with E-state index < -0.39 is 13.0 Å². The molecular formula is C9H16F2N2O2. The monoisotopic (exact) mass is 222 g/mol. The number of nitrogens with zero attached hydrogens (tertiary/aromatic N) is 1. The van der Waals surface area contributed by atoms with Crippen molar-refractivity contribution >= 4 is 5.91 Å². The zero-order chi connectivity index (χ0) is 11.1. The van der Waals surface area contributed by atoms with Crippen molar-refractivity contribution in [1.29, 1.82) is 0 Å². The first-order valence-electron chi connectivity index (χ1n) is 5.04. The average Bonchev–Trinajstić information content (AvgIpc) is 2.25. The summed E-state index contributed by atoms with van der Waals surface area (Å²) in [6.07, 6.45) is -2.27. The van der Waals surface area contributed by atoms with Crippen molar-refractivity contribution in [2.24, 2.45) is 0 Å². The van der Waals surface area contributed by atoms with Gasteiger partial charge in [-0.3, -0.25) is 4.79 Å². The number of amides is 1. The number of carbonyl (C=O) groups excluding carboxylic acids is 1. The Labute approximate surface area is 87.6 Å². The van der Waals surface area contributed by atoms with E-state index in [2.05, 4.69) is 10.1 Å². The molecule has 88 valence electrons. The number of ether oxygens (including phenoxy) is 1. The molecule has 0 unspecified atom stereocenters. The van der Waals surface area contributed by atoms with Gasteiger partial charge in [-0.2, -0.15) is 0 Å². The molecule has 0 aromatic carbocycles. The molecule has 1 rings (SSSR count). The van der Waals surface area contributed by atoms with Gasteiger partial charge in [-0.25, -0.2) is 8.78 Å². The van der Waals surface area contributed by atoms with Crippen LogP contribution in [0.3, 0.4) is 0 Å². The van der Waals surface area contributed by atoms with Crippen LogP contribution < -0.4 is 5.32 Å². The van der Waals surface area contributed by atoms with E-state index in [4.69, 9.17) is 0 Å². The summed E-state index contributed by atoms with van der Waals surface area (Å²) in [6.45, 7) is 2.45. The fourth-order valence-corrected chi connectivity index (χ4v) is 1.40. The van der Waals surface area contributed by atoms with Gasteiger partial charge in [-0.15, -0.1) is 0 Å². The molecule has 0 aromatic heterocycles. The lowest BCUT2D eigenvalue weighted by Crippen LogP contribution is -2.46. The molecule has 0 atom stereocenters. The van der Waals surface area contributed by atoms with Crippen LogP contribution in [0.4, 0.5) is 8.78 Å². The number of hydrogen-bond acceptors (Lipinski definition) is 3. The van der Waals surface area contributed by atoms with Gasteiger partial charge in [0.15, 0.2) is 0 Å². The third-order valence-corrected chi connectivity index (χ3v) is 2.17. The van der Waals surface area contributed by atoms with Gasteiger partial charge in [0, 0.05) is 26.2 Å². The minimum absolute atomic E-state index is 0.0224. The molecule has 1 amide bonds. The molecule has 0 radical (unpaired) electrons. The minimum Gasteiger partial charge on any atom is -0.375 e. The van der Waals surface area contributed by atoms with Gasteiger partial charge in [0.2, 0.25) is 5.91 Å². The molecule has 1 aliphatic heterocycles. The fourth-order valence-electron chi connectivity index (χ4n) is 1.40. The normalized spacial score (nSPS) is 17.1. The van der Waals surface area contributed by atoms with E-state index in [0.29, 0.717) is 13.1 Å². The van der Waals surface area contributed by atoms with Crippen LogP contribution in [0.5, 0.6) is 0 Å². The highest BCUT2D eigenvalue weighted by molar-refractivity contribution is 5.76. The number of alkyl halides is 2. The molecule has 0 bridgehead atoms. The molecule has 0 aromatic rings. The minimum atomic E-state index is -2.46. The maximum atomic E-state index is 11.7. The average molecular weight is 222 g/mol. The van der Waals surface area contributed by atoms with Crippen LogP contribution in [0, 0.1) is 0 Å².